The second-order valence-corrected chi connectivity index (χ2v) is 8.90. The van der Waals surface area contributed by atoms with Gasteiger partial charge in [-0.25, -0.2) is 4.98 Å². The average molecular weight is 484 g/mol. The van der Waals surface area contributed by atoms with Crippen molar-refractivity contribution in [2.45, 2.75) is 25.3 Å². The average Bonchev–Trinajstić information content (AvgIpc) is 3.44. The van der Waals surface area contributed by atoms with Crippen LogP contribution in [0.2, 0.25) is 0 Å². The Kier molecular flexibility index (Phi) is 6.59. The molecule has 1 unspecified atom stereocenters. The number of nitrogens with zero attached hydrogens (tertiary/aromatic N) is 2. The van der Waals surface area contributed by atoms with E-state index in [0.717, 1.165) is 27.2 Å². The van der Waals surface area contributed by atoms with Gasteiger partial charge in [-0.05, 0) is 40.9 Å². The molecule has 3 aromatic rings. The Morgan fingerprint density at radius 1 is 1.13 bits per heavy atom. The minimum atomic E-state index is -0.417. The number of rotatable bonds is 6. The van der Waals surface area contributed by atoms with E-state index in [1.54, 1.807) is 22.3 Å². The standard InChI is InChI=1S/C23H22BrN3O2S/c24-19-10-5-4-9-18(19)23(29)27-14-6-11-20(27)21(28)25-13-12-17-15-30-22(26-17)16-7-2-1-3-8-16/h1-5,7-10,15,20H,6,11-14H2,(H,25,28). The molecular formula is C23H22BrN3O2S. The molecule has 0 radical (unpaired) electrons. The molecule has 5 nitrogen and oxygen atoms in total. The van der Waals surface area contributed by atoms with Crippen LogP contribution in [0.25, 0.3) is 10.6 Å². The lowest BCUT2D eigenvalue weighted by molar-refractivity contribution is -0.124. The van der Waals surface area contributed by atoms with Gasteiger partial charge in [0.1, 0.15) is 11.0 Å². The fourth-order valence-corrected chi connectivity index (χ4v) is 4.95. The van der Waals surface area contributed by atoms with Crippen LogP contribution in [-0.4, -0.2) is 40.8 Å². The van der Waals surface area contributed by atoms with Gasteiger partial charge in [-0.1, -0.05) is 42.5 Å². The molecule has 1 aromatic heterocycles. The molecule has 1 N–H and O–H groups in total. The summed E-state index contributed by atoms with van der Waals surface area (Å²) in [6, 6.07) is 17.0. The van der Waals surface area contributed by atoms with Gasteiger partial charge in [0.2, 0.25) is 5.91 Å². The molecule has 1 aliphatic rings. The Morgan fingerprint density at radius 2 is 1.90 bits per heavy atom. The number of carbonyl (C=O) groups excluding carboxylic acids is 2. The smallest absolute Gasteiger partial charge is 0.255 e. The molecule has 1 fully saturated rings. The number of carbonyl (C=O) groups is 2. The molecule has 30 heavy (non-hydrogen) atoms. The van der Waals surface area contributed by atoms with Crippen molar-refractivity contribution in [1.29, 1.82) is 0 Å². The second kappa shape index (κ2) is 9.53. The Bertz CT molecular complexity index is 1040. The van der Waals surface area contributed by atoms with Gasteiger partial charge in [-0.15, -0.1) is 11.3 Å². The van der Waals surface area contributed by atoms with Crippen molar-refractivity contribution in [3.05, 3.63) is 75.7 Å². The van der Waals surface area contributed by atoms with Crippen LogP contribution in [-0.2, 0) is 11.2 Å². The van der Waals surface area contributed by atoms with Crippen molar-refractivity contribution >= 4 is 39.1 Å². The first-order valence-corrected chi connectivity index (χ1v) is 11.6. The van der Waals surface area contributed by atoms with E-state index < -0.39 is 6.04 Å². The lowest BCUT2D eigenvalue weighted by atomic mass is 10.1. The Morgan fingerprint density at radius 3 is 2.70 bits per heavy atom. The molecule has 1 saturated heterocycles. The molecule has 2 aromatic carbocycles. The number of amides is 2. The van der Waals surface area contributed by atoms with Crippen molar-refractivity contribution in [3.8, 4) is 10.6 Å². The topological polar surface area (TPSA) is 62.3 Å². The molecule has 154 valence electrons. The zero-order chi connectivity index (χ0) is 20.9. The third-order valence-corrected chi connectivity index (χ3v) is 6.81. The van der Waals surface area contributed by atoms with E-state index in [1.807, 2.05) is 53.9 Å². The van der Waals surface area contributed by atoms with E-state index in [2.05, 4.69) is 26.2 Å². The predicted octanol–water partition coefficient (Wildman–Crippen LogP) is 4.54. The Labute approximate surface area is 188 Å². The second-order valence-electron chi connectivity index (χ2n) is 7.19. The summed E-state index contributed by atoms with van der Waals surface area (Å²) in [5, 5.41) is 6.01. The minimum Gasteiger partial charge on any atom is -0.354 e. The summed E-state index contributed by atoms with van der Waals surface area (Å²) in [6.07, 6.45) is 2.19. The molecular weight excluding hydrogens is 462 g/mol. The summed E-state index contributed by atoms with van der Waals surface area (Å²) in [7, 11) is 0. The number of benzene rings is 2. The van der Waals surface area contributed by atoms with E-state index in [-0.39, 0.29) is 11.8 Å². The zero-order valence-corrected chi connectivity index (χ0v) is 18.8. The highest BCUT2D eigenvalue weighted by Crippen LogP contribution is 2.25. The molecule has 1 atom stereocenters. The van der Waals surface area contributed by atoms with Crippen molar-refractivity contribution in [2.75, 3.05) is 13.1 Å². The van der Waals surface area contributed by atoms with Crippen LogP contribution >= 0.6 is 27.3 Å². The third kappa shape index (κ3) is 4.63. The summed E-state index contributed by atoms with van der Waals surface area (Å²) in [5.74, 6) is -0.196. The van der Waals surface area contributed by atoms with E-state index in [9.17, 15) is 9.59 Å². The highest BCUT2D eigenvalue weighted by atomic mass is 79.9. The zero-order valence-electron chi connectivity index (χ0n) is 16.4. The first-order chi connectivity index (χ1) is 14.6. The first kappa shape index (κ1) is 20.8. The van der Waals surface area contributed by atoms with Crippen LogP contribution in [0.15, 0.2) is 64.5 Å². The molecule has 2 amide bonds. The highest BCUT2D eigenvalue weighted by Gasteiger charge is 2.34. The van der Waals surface area contributed by atoms with Gasteiger partial charge in [0.05, 0.1) is 11.3 Å². The number of aromatic nitrogens is 1. The van der Waals surface area contributed by atoms with Crippen molar-refractivity contribution in [3.63, 3.8) is 0 Å². The molecule has 0 saturated carbocycles. The van der Waals surface area contributed by atoms with Crippen molar-refractivity contribution in [2.24, 2.45) is 0 Å². The maximum absolute atomic E-state index is 12.9. The van der Waals surface area contributed by atoms with Crippen molar-refractivity contribution < 1.29 is 9.59 Å². The quantitative estimate of drug-likeness (QED) is 0.559. The summed E-state index contributed by atoms with van der Waals surface area (Å²) < 4.78 is 0.749. The van der Waals surface area contributed by atoms with E-state index >= 15 is 0 Å². The summed E-state index contributed by atoms with van der Waals surface area (Å²) in [4.78, 5) is 32.0. The molecule has 0 bridgehead atoms. The molecule has 0 spiro atoms. The summed E-state index contributed by atoms with van der Waals surface area (Å²) in [5.41, 5.74) is 2.66. The monoisotopic (exact) mass is 483 g/mol. The van der Waals surface area contributed by atoms with Gasteiger partial charge >= 0.3 is 0 Å². The first-order valence-electron chi connectivity index (χ1n) is 9.96. The molecule has 2 heterocycles. The van der Waals surface area contributed by atoms with E-state index in [1.165, 1.54) is 0 Å². The van der Waals surface area contributed by atoms with E-state index in [4.69, 9.17) is 0 Å². The normalized spacial score (nSPS) is 15.9. The number of hydrogen-bond donors (Lipinski definition) is 1. The van der Waals surface area contributed by atoms with Gasteiger partial charge in [0.25, 0.3) is 5.91 Å². The predicted molar refractivity (Wildman–Crippen MR) is 122 cm³/mol. The lowest BCUT2D eigenvalue weighted by Gasteiger charge is -2.24. The van der Waals surface area contributed by atoms with Gasteiger partial charge < -0.3 is 10.2 Å². The Hall–Kier alpha value is -2.51. The molecule has 1 aliphatic heterocycles. The van der Waals surface area contributed by atoms with Gasteiger partial charge in [0.15, 0.2) is 0 Å². The number of nitrogens with one attached hydrogen (secondary N) is 1. The van der Waals surface area contributed by atoms with Crippen LogP contribution in [0.5, 0.6) is 0 Å². The minimum absolute atomic E-state index is 0.0913. The third-order valence-electron chi connectivity index (χ3n) is 5.17. The fraction of sp³-hybridized carbons (Fsp3) is 0.261. The summed E-state index contributed by atoms with van der Waals surface area (Å²) >= 11 is 5.04. The summed E-state index contributed by atoms with van der Waals surface area (Å²) in [6.45, 7) is 1.11. The van der Waals surface area contributed by atoms with Crippen molar-refractivity contribution in [1.82, 2.24) is 15.2 Å². The van der Waals surface area contributed by atoms with Crippen LogP contribution in [0, 0.1) is 0 Å². The van der Waals surface area contributed by atoms with Gasteiger partial charge in [-0.3, -0.25) is 9.59 Å². The van der Waals surface area contributed by atoms with Crippen LogP contribution in [0.4, 0.5) is 0 Å². The van der Waals surface area contributed by atoms with Crippen LogP contribution in [0.3, 0.4) is 0 Å². The van der Waals surface area contributed by atoms with Gasteiger partial charge in [0, 0.05) is 34.9 Å². The largest absolute Gasteiger partial charge is 0.354 e. The van der Waals surface area contributed by atoms with Crippen LogP contribution < -0.4 is 5.32 Å². The van der Waals surface area contributed by atoms with Crippen LogP contribution in [0.1, 0.15) is 28.9 Å². The molecule has 7 heteroatoms. The number of thiazole rings is 1. The number of halogens is 1. The number of likely N-dealkylation sites (tertiary alicyclic amines) is 1. The number of hydrogen-bond acceptors (Lipinski definition) is 4. The highest BCUT2D eigenvalue weighted by molar-refractivity contribution is 9.10. The van der Waals surface area contributed by atoms with E-state index in [0.29, 0.717) is 31.5 Å². The lowest BCUT2D eigenvalue weighted by Crippen LogP contribution is -2.46. The maximum atomic E-state index is 12.9. The maximum Gasteiger partial charge on any atom is 0.255 e. The SMILES string of the molecule is O=C(NCCc1csc(-c2ccccc2)n1)C1CCCN1C(=O)c1ccccc1Br. The molecule has 0 aliphatic carbocycles. The Balaban J connectivity index is 1.33. The molecule has 4 rings (SSSR count). The fourth-order valence-electron chi connectivity index (χ4n) is 3.64. The van der Waals surface area contributed by atoms with Gasteiger partial charge in [-0.2, -0.15) is 0 Å².